The molecule has 0 aromatic heterocycles. The van der Waals surface area contributed by atoms with Crippen LogP contribution in [-0.2, 0) is 0 Å². The van der Waals surface area contributed by atoms with Gasteiger partial charge in [0.25, 0.3) is 0 Å². The van der Waals surface area contributed by atoms with Crippen LogP contribution in [0.4, 0.5) is 5.69 Å². The molecule has 0 unspecified atom stereocenters. The first-order valence-electron chi connectivity index (χ1n) is 4.92. The standard InChI is InChI=1S/C12H8ClN5/c1-9-2-3-12(4-11(9)7-16)18(13)17-8-10(5-14)6-15/h2-4,8,10H,1H3. The highest BCUT2D eigenvalue weighted by Crippen LogP contribution is 2.20. The van der Waals surface area contributed by atoms with Crippen molar-refractivity contribution in [3.05, 3.63) is 29.3 Å². The molecule has 0 N–H and O–H groups in total. The van der Waals surface area contributed by atoms with E-state index in [1.807, 2.05) is 13.0 Å². The lowest BCUT2D eigenvalue weighted by atomic mass is 10.1. The van der Waals surface area contributed by atoms with Crippen molar-refractivity contribution in [2.45, 2.75) is 6.92 Å². The van der Waals surface area contributed by atoms with Crippen molar-refractivity contribution in [1.82, 2.24) is 0 Å². The number of hydrazone groups is 1. The highest BCUT2D eigenvalue weighted by Gasteiger charge is 2.06. The van der Waals surface area contributed by atoms with Crippen molar-refractivity contribution in [3.63, 3.8) is 0 Å². The summed E-state index contributed by atoms with van der Waals surface area (Å²) in [5.74, 6) is -0.952. The summed E-state index contributed by atoms with van der Waals surface area (Å²) in [5, 5.41) is 29.8. The van der Waals surface area contributed by atoms with Crippen LogP contribution >= 0.6 is 11.8 Å². The molecule has 88 valence electrons. The molecule has 1 aromatic carbocycles. The summed E-state index contributed by atoms with van der Waals surface area (Å²) in [6.45, 7) is 1.81. The molecule has 0 aliphatic heterocycles. The molecule has 0 saturated heterocycles. The minimum absolute atomic E-state index is 0.490. The predicted molar refractivity (Wildman–Crippen MR) is 67.4 cm³/mol. The highest BCUT2D eigenvalue weighted by molar-refractivity contribution is 6.25. The molecule has 1 aromatic rings. The van der Waals surface area contributed by atoms with E-state index in [1.54, 1.807) is 30.3 Å². The Morgan fingerprint density at radius 2 is 2.00 bits per heavy atom. The Labute approximate surface area is 110 Å². The van der Waals surface area contributed by atoms with Crippen LogP contribution in [-0.4, -0.2) is 6.21 Å². The molecule has 18 heavy (non-hydrogen) atoms. The van der Waals surface area contributed by atoms with E-state index in [4.69, 9.17) is 27.6 Å². The molecule has 0 aliphatic carbocycles. The molecular weight excluding hydrogens is 250 g/mol. The summed E-state index contributed by atoms with van der Waals surface area (Å²) in [4.78, 5) is 0. The van der Waals surface area contributed by atoms with Crippen molar-refractivity contribution in [2.24, 2.45) is 11.0 Å². The quantitative estimate of drug-likeness (QED) is 0.473. The van der Waals surface area contributed by atoms with Gasteiger partial charge in [-0.1, -0.05) is 6.07 Å². The molecule has 0 bridgehead atoms. The average Bonchev–Trinajstić information content (AvgIpc) is 2.40. The molecule has 0 saturated carbocycles. The molecule has 0 aliphatic rings. The minimum atomic E-state index is -0.952. The molecule has 0 spiro atoms. The Hall–Kier alpha value is -2.55. The second-order valence-electron chi connectivity index (χ2n) is 3.37. The second kappa shape index (κ2) is 6.25. The van der Waals surface area contributed by atoms with Crippen LogP contribution in [0.2, 0.25) is 0 Å². The number of rotatable bonds is 3. The van der Waals surface area contributed by atoms with Gasteiger partial charge in [0.1, 0.15) is 0 Å². The van der Waals surface area contributed by atoms with Crippen LogP contribution < -0.4 is 4.53 Å². The normalized spacial score (nSPS) is 9.78. The molecular formula is C12H8ClN5. The summed E-state index contributed by atoms with van der Waals surface area (Å²) in [7, 11) is 0. The summed E-state index contributed by atoms with van der Waals surface area (Å²) in [6.07, 6.45) is 1.14. The predicted octanol–water partition coefficient (Wildman–Crippen LogP) is 2.48. The lowest BCUT2D eigenvalue weighted by Gasteiger charge is -2.10. The maximum Gasteiger partial charge on any atom is 0.170 e. The summed E-state index contributed by atoms with van der Waals surface area (Å²) >= 11 is 5.85. The molecule has 5 nitrogen and oxygen atoms in total. The molecule has 0 fully saturated rings. The number of halogens is 1. The second-order valence-corrected chi connectivity index (χ2v) is 3.69. The van der Waals surface area contributed by atoms with E-state index in [0.29, 0.717) is 11.3 Å². The number of aryl methyl sites for hydroxylation is 1. The number of nitriles is 3. The monoisotopic (exact) mass is 257 g/mol. The smallest absolute Gasteiger partial charge is 0.170 e. The number of hydrogen-bond acceptors (Lipinski definition) is 5. The van der Waals surface area contributed by atoms with Gasteiger partial charge in [0, 0.05) is 11.8 Å². The topological polar surface area (TPSA) is 87.0 Å². The van der Waals surface area contributed by atoms with Crippen LogP contribution in [0.1, 0.15) is 11.1 Å². The summed E-state index contributed by atoms with van der Waals surface area (Å²) in [6, 6.07) is 10.5. The van der Waals surface area contributed by atoms with E-state index < -0.39 is 5.92 Å². The maximum atomic E-state index is 8.88. The van der Waals surface area contributed by atoms with Crippen molar-refractivity contribution in [3.8, 4) is 18.2 Å². The van der Waals surface area contributed by atoms with Crippen LogP contribution in [0.25, 0.3) is 0 Å². The lowest BCUT2D eigenvalue weighted by Crippen LogP contribution is -2.05. The molecule has 0 amide bonds. The third kappa shape index (κ3) is 3.22. The van der Waals surface area contributed by atoms with Gasteiger partial charge in [-0.3, -0.25) is 0 Å². The Kier molecular flexibility index (Phi) is 4.69. The first kappa shape index (κ1) is 13.5. The first-order valence-corrected chi connectivity index (χ1v) is 5.26. The third-order valence-electron chi connectivity index (χ3n) is 2.15. The fraction of sp³-hybridized carbons (Fsp3) is 0.167. The van der Waals surface area contributed by atoms with Gasteiger partial charge in [-0.15, -0.1) is 0 Å². The maximum absolute atomic E-state index is 8.88. The Morgan fingerprint density at radius 3 is 2.56 bits per heavy atom. The van der Waals surface area contributed by atoms with E-state index in [0.717, 1.165) is 16.3 Å². The van der Waals surface area contributed by atoms with Crippen LogP contribution in [0, 0.1) is 46.8 Å². The molecule has 0 atom stereocenters. The van der Waals surface area contributed by atoms with Gasteiger partial charge in [-0.25, -0.2) is 0 Å². The Balaban J connectivity index is 2.93. The zero-order valence-electron chi connectivity index (χ0n) is 9.50. The van der Waals surface area contributed by atoms with Crippen LogP contribution in [0.15, 0.2) is 23.3 Å². The third-order valence-corrected chi connectivity index (χ3v) is 2.43. The van der Waals surface area contributed by atoms with Gasteiger partial charge in [0.05, 0.1) is 35.7 Å². The zero-order chi connectivity index (χ0) is 13.5. The van der Waals surface area contributed by atoms with Crippen molar-refractivity contribution < 1.29 is 0 Å². The van der Waals surface area contributed by atoms with E-state index in [9.17, 15) is 0 Å². The molecule has 0 heterocycles. The van der Waals surface area contributed by atoms with Gasteiger partial charge < -0.3 is 0 Å². The average molecular weight is 258 g/mol. The van der Waals surface area contributed by atoms with Gasteiger partial charge in [0.2, 0.25) is 0 Å². The SMILES string of the molecule is Cc1ccc(N(Cl)N=CC(C#N)C#N)cc1C#N. The fourth-order valence-corrected chi connectivity index (χ4v) is 1.29. The van der Waals surface area contributed by atoms with Crippen molar-refractivity contribution >= 4 is 23.7 Å². The van der Waals surface area contributed by atoms with E-state index in [-0.39, 0.29) is 0 Å². The highest BCUT2D eigenvalue weighted by atomic mass is 35.5. The Bertz CT molecular complexity index is 574. The van der Waals surface area contributed by atoms with Crippen LogP contribution in [0.5, 0.6) is 0 Å². The van der Waals surface area contributed by atoms with E-state index in [1.165, 1.54) is 0 Å². The van der Waals surface area contributed by atoms with Gasteiger partial charge in [-0.2, -0.15) is 25.4 Å². The minimum Gasteiger partial charge on any atom is -0.196 e. The van der Waals surface area contributed by atoms with E-state index >= 15 is 0 Å². The fourth-order valence-electron chi connectivity index (χ4n) is 1.13. The largest absolute Gasteiger partial charge is 0.196 e. The first-order chi connectivity index (χ1) is 8.62. The number of hydrogen-bond donors (Lipinski definition) is 0. The molecule has 1 rings (SSSR count). The van der Waals surface area contributed by atoms with Crippen molar-refractivity contribution in [2.75, 3.05) is 4.53 Å². The van der Waals surface area contributed by atoms with Gasteiger partial charge >= 0.3 is 0 Å². The zero-order valence-corrected chi connectivity index (χ0v) is 10.3. The number of benzene rings is 1. The molecule has 0 radical (unpaired) electrons. The Morgan fingerprint density at radius 1 is 1.33 bits per heavy atom. The van der Waals surface area contributed by atoms with Crippen LogP contribution in [0.3, 0.4) is 0 Å². The summed E-state index contributed by atoms with van der Waals surface area (Å²) < 4.78 is 0.988. The molecule has 6 heteroatoms. The lowest BCUT2D eigenvalue weighted by molar-refractivity contribution is 1.12. The van der Waals surface area contributed by atoms with Crippen molar-refractivity contribution in [1.29, 1.82) is 15.8 Å². The number of anilines is 1. The number of nitrogens with zero attached hydrogens (tertiary/aromatic N) is 5. The van der Waals surface area contributed by atoms with Gasteiger partial charge in [0.15, 0.2) is 5.92 Å². The van der Waals surface area contributed by atoms with E-state index in [2.05, 4.69) is 5.10 Å². The van der Waals surface area contributed by atoms with Gasteiger partial charge in [-0.05, 0) is 24.6 Å². The summed E-state index contributed by atoms with van der Waals surface area (Å²) in [5.41, 5.74) is 1.82.